The highest BCUT2D eigenvalue weighted by molar-refractivity contribution is 7.90. The lowest BCUT2D eigenvalue weighted by molar-refractivity contribution is 0.572. The second-order valence-electron chi connectivity index (χ2n) is 4.88. The molecule has 0 aliphatic heterocycles. The second kappa shape index (κ2) is 4.92. The van der Waals surface area contributed by atoms with Crippen LogP contribution in [0.1, 0.15) is 18.5 Å². The fourth-order valence-electron chi connectivity index (χ4n) is 2.15. The Balaban J connectivity index is 2.15. The molecule has 1 aromatic carbocycles. The van der Waals surface area contributed by atoms with E-state index in [1.807, 2.05) is 37.3 Å². The molecule has 1 atom stereocenters. The van der Waals surface area contributed by atoms with Crippen LogP contribution >= 0.6 is 0 Å². The molecule has 0 fully saturated rings. The van der Waals surface area contributed by atoms with Crippen molar-refractivity contribution in [2.75, 3.05) is 6.26 Å². The maximum atomic E-state index is 11.6. The van der Waals surface area contributed by atoms with Crippen LogP contribution in [-0.4, -0.2) is 34.4 Å². The Morgan fingerprint density at radius 2 is 1.86 bits per heavy atom. The summed E-state index contributed by atoms with van der Waals surface area (Å²) >= 11 is 0. The number of benzene rings is 1. The first-order valence-corrected chi connectivity index (χ1v) is 8.31. The quantitative estimate of drug-likeness (QED) is 0.690. The normalized spacial score (nSPS) is 13.4. The minimum absolute atomic E-state index is 0.0500. The third kappa shape index (κ3) is 2.52. The number of hydrogen-bond donors (Lipinski definition) is 0. The van der Waals surface area contributed by atoms with Crippen LogP contribution in [0, 0.1) is 0 Å². The molecule has 0 N–H and O–H groups in total. The molecule has 2 heterocycles. The van der Waals surface area contributed by atoms with Crippen LogP contribution in [0.2, 0.25) is 0 Å². The molecule has 3 aromatic rings. The summed E-state index contributed by atoms with van der Waals surface area (Å²) in [6, 6.07) is 9.80. The molecule has 108 valence electrons. The average Bonchev–Trinajstić information content (AvgIpc) is 2.89. The SMILES string of the molecule is CC(c1ccccc1)n1ncc2cnc(S(C)(=O)=O)nc21. The highest BCUT2D eigenvalue weighted by Gasteiger charge is 2.17. The zero-order valence-corrected chi connectivity index (χ0v) is 12.4. The number of fused-ring (bicyclic) bond motifs is 1. The molecule has 0 radical (unpaired) electrons. The lowest BCUT2D eigenvalue weighted by Crippen LogP contribution is -2.11. The van der Waals surface area contributed by atoms with E-state index >= 15 is 0 Å². The Bertz CT molecular complexity index is 888. The number of rotatable bonds is 3. The molecular weight excluding hydrogens is 288 g/mol. The molecule has 0 bridgehead atoms. The van der Waals surface area contributed by atoms with Gasteiger partial charge in [0.05, 0.1) is 17.6 Å². The van der Waals surface area contributed by atoms with Crippen molar-refractivity contribution in [3.63, 3.8) is 0 Å². The molecule has 1 unspecified atom stereocenters. The van der Waals surface area contributed by atoms with E-state index in [2.05, 4.69) is 15.1 Å². The number of aromatic nitrogens is 4. The Morgan fingerprint density at radius 1 is 1.14 bits per heavy atom. The van der Waals surface area contributed by atoms with Gasteiger partial charge in [0.15, 0.2) is 5.65 Å². The molecule has 3 rings (SSSR count). The maximum absolute atomic E-state index is 11.6. The molecule has 0 saturated carbocycles. The Labute approximate surface area is 122 Å². The van der Waals surface area contributed by atoms with Crippen molar-refractivity contribution < 1.29 is 8.42 Å². The standard InChI is InChI=1S/C14H14N4O2S/c1-10(11-6-4-3-5-7-11)18-13-12(9-16-18)8-15-14(17-13)21(2,19)20/h3-10H,1-2H3. The van der Waals surface area contributed by atoms with E-state index < -0.39 is 9.84 Å². The van der Waals surface area contributed by atoms with Crippen molar-refractivity contribution >= 4 is 20.9 Å². The van der Waals surface area contributed by atoms with Crippen LogP contribution < -0.4 is 0 Å². The second-order valence-corrected chi connectivity index (χ2v) is 6.79. The van der Waals surface area contributed by atoms with E-state index in [1.54, 1.807) is 10.9 Å². The van der Waals surface area contributed by atoms with E-state index in [9.17, 15) is 8.42 Å². The van der Waals surface area contributed by atoms with Gasteiger partial charge in [0.1, 0.15) is 0 Å². The van der Waals surface area contributed by atoms with Gasteiger partial charge in [-0.1, -0.05) is 30.3 Å². The van der Waals surface area contributed by atoms with Crippen molar-refractivity contribution in [3.05, 3.63) is 48.3 Å². The maximum Gasteiger partial charge on any atom is 0.248 e. The molecule has 0 saturated heterocycles. The summed E-state index contributed by atoms with van der Waals surface area (Å²) < 4.78 is 24.9. The smallest absolute Gasteiger partial charge is 0.240 e. The molecule has 0 amide bonds. The summed E-state index contributed by atoms with van der Waals surface area (Å²) in [7, 11) is -3.44. The monoisotopic (exact) mass is 302 g/mol. The molecule has 7 heteroatoms. The van der Waals surface area contributed by atoms with Crippen molar-refractivity contribution in [1.29, 1.82) is 0 Å². The van der Waals surface area contributed by atoms with Gasteiger partial charge in [-0.2, -0.15) is 10.1 Å². The first-order valence-electron chi connectivity index (χ1n) is 6.42. The number of nitrogens with zero attached hydrogens (tertiary/aromatic N) is 4. The van der Waals surface area contributed by atoms with Crippen molar-refractivity contribution in [2.24, 2.45) is 0 Å². The van der Waals surface area contributed by atoms with Crippen molar-refractivity contribution in [2.45, 2.75) is 18.1 Å². The van der Waals surface area contributed by atoms with Gasteiger partial charge in [-0.15, -0.1) is 0 Å². The van der Waals surface area contributed by atoms with Crippen LogP contribution in [0.25, 0.3) is 11.0 Å². The summed E-state index contributed by atoms with van der Waals surface area (Å²) in [6.45, 7) is 1.99. The van der Waals surface area contributed by atoms with E-state index in [0.29, 0.717) is 11.0 Å². The van der Waals surface area contributed by atoms with E-state index in [-0.39, 0.29) is 11.2 Å². The van der Waals surface area contributed by atoms with E-state index in [0.717, 1.165) is 11.8 Å². The minimum atomic E-state index is -3.44. The molecule has 0 aliphatic carbocycles. The lowest BCUT2D eigenvalue weighted by atomic mass is 10.1. The van der Waals surface area contributed by atoms with Gasteiger partial charge in [0.2, 0.25) is 15.0 Å². The molecular formula is C14H14N4O2S. The van der Waals surface area contributed by atoms with E-state index in [4.69, 9.17) is 0 Å². The van der Waals surface area contributed by atoms with Gasteiger partial charge in [-0.05, 0) is 12.5 Å². The summed E-state index contributed by atoms with van der Waals surface area (Å²) in [5.74, 6) is 0. The highest BCUT2D eigenvalue weighted by Crippen LogP contribution is 2.21. The first kappa shape index (κ1) is 13.7. The Kier molecular flexibility index (Phi) is 3.21. The summed E-state index contributed by atoms with van der Waals surface area (Å²) in [5.41, 5.74) is 1.59. The summed E-state index contributed by atoms with van der Waals surface area (Å²) in [6.07, 6.45) is 4.22. The third-order valence-electron chi connectivity index (χ3n) is 3.29. The lowest BCUT2D eigenvalue weighted by Gasteiger charge is -2.13. The predicted octanol–water partition coefficient (Wildman–Crippen LogP) is 1.84. The molecule has 21 heavy (non-hydrogen) atoms. The van der Waals surface area contributed by atoms with Crippen molar-refractivity contribution in [1.82, 2.24) is 19.7 Å². The topological polar surface area (TPSA) is 77.7 Å². The van der Waals surface area contributed by atoms with Gasteiger partial charge >= 0.3 is 0 Å². The molecule has 6 nitrogen and oxygen atoms in total. The number of sulfone groups is 1. The zero-order chi connectivity index (χ0) is 15.0. The van der Waals surface area contributed by atoms with Gasteiger partial charge in [-0.3, -0.25) is 0 Å². The first-order chi connectivity index (χ1) is 9.97. The van der Waals surface area contributed by atoms with Crippen LogP contribution in [-0.2, 0) is 9.84 Å². The summed E-state index contributed by atoms with van der Waals surface area (Å²) in [4.78, 5) is 8.03. The predicted molar refractivity (Wildman–Crippen MR) is 78.7 cm³/mol. The van der Waals surface area contributed by atoms with Gasteiger partial charge < -0.3 is 0 Å². The summed E-state index contributed by atoms with van der Waals surface area (Å²) in [5, 5.41) is 4.84. The highest BCUT2D eigenvalue weighted by atomic mass is 32.2. The van der Waals surface area contributed by atoms with E-state index in [1.165, 1.54) is 6.20 Å². The average molecular weight is 302 g/mol. The van der Waals surface area contributed by atoms with Crippen LogP contribution in [0.5, 0.6) is 0 Å². The molecule has 0 spiro atoms. The molecule has 0 aliphatic rings. The number of hydrogen-bond acceptors (Lipinski definition) is 5. The zero-order valence-electron chi connectivity index (χ0n) is 11.6. The van der Waals surface area contributed by atoms with Crippen molar-refractivity contribution in [3.8, 4) is 0 Å². The fourth-order valence-corrected chi connectivity index (χ4v) is 2.65. The Hall–Kier alpha value is -2.28. The van der Waals surface area contributed by atoms with Gasteiger partial charge in [-0.25, -0.2) is 18.1 Å². The van der Waals surface area contributed by atoms with Crippen LogP contribution in [0.4, 0.5) is 0 Å². The van der Waals surface area contributed by atoms with Crippen LogP contribution in [0.15, 0.2) is 47.9 Å². The Morgan fingerprint density at radius 3 is 2.52 bits per heavy atom. The van der Waals surface area contributed by atoms with Crippen LogP contribution in [0.3, 0.4) is 0 Å². The van der Waals surface area contributed by atoms with Gasteiger partial charge in [0.25, 0.3) is 0 Å². The molecule has 2 aromatic heterocycles. The fraction of sp³-hybridized carbons (Fsp3) is 0.214. The minimum Gasteiger partial charge on any atom is -0.240 e. The third-order valence-corrected chi connectivity index (χ3v) is 4.15. The largest absolute Gasteiger partial charge is 0.248 e. The van der Waals surface area contributed by atoms with Gasteiger partial charge in [0, 0.05) is 12.5 Å².